The van der Waals surface area contributed by atoms with Crippen LogP contribution in [-0.4, -0.2) is 88.6 Å². The van der Waals surface area contributed by atoms with Crippen LogP contribution in [0.4, 0.5) is 15.0 Å². The van der Waals surface area contributed by atoms with E-state index in [0.717, 1.165) is 30.9 Å². The largest absolute Gasteiger partial charge is 0.467 e. The lowest BCUT2D eigenvalue weighted by Gasteiger charge is -2.27. The lowest BCUT2D eigenvalue weighted by atomic mass is 10.1. The molecule has 3 atom stereocenters. The molecule has 2 N–H and O–H groups in total. The summed E-state index contributed by atoms with van der Waals surface area (Å²) < 4.78 is 33.4. The highest BCUT2D eigenvalue weighted by Gasteiger charge is 2.42. The number of halogens is 1. The maximum absolute atomic E-state index is 14.8. The van der Waals surface area contributed by atoms with E-state index in [1.807, 2.05) is 19.1 Å². The Bertz CT molecular complexity index is 1450. The molecule has 5 rings (SSSR count). The van der Waals surface area contributed by atoms with Gasteiger partial charge in [0.2, 0.25) is 0 Å². The molecule has 1 unspecified atom stereocenters. The molecule has 3 aromatic rings. The Hall–Kier alpha value is -3.77. The molecule has 0 spiro atoms. The number of carbonyl (C=O) groups is 2. The van der Waals surface area contributed by atoms with Crippen molar-refractivity contribution in [3.63, 3.8) is 0 Å². The smallest absolute Gasteiger partial charge is 0.411 e. The minimum Gasteiger partial charge on any atom is -0.467 e. The number of imidazole rings is 1. The van der Waals surface area contributed by atoms with E-state index in [4.69, 9.17) is 19.2 Å². The predicted octanol–water partition coefficient (Wildman–Crippen LogP) is 3.89. The Morgan fingerprint density at radius 2 is 2.05 bits per heavy atom. The quantitative estimate of drug-likeness (QED) is 0.417. The van der Waals surface area contributed by atoms with Crippen LogP contribution < -0.4 is 10.6 Å². The number of nitrogens with one attached hydrogen (secondary N) is 2. The number of methoxy groups -OCH3 is 1. The first kappa shape index (κ1) is 29.7. The number of ether oxygens (including phenoxy) is 3. The van der Waals surface area contributed by atoms with E-state index < -0.39 is 29.5 Å². The van der Waals surface area contributed by atoms with Gasteiger partial charge in [0.1, 0.15) is 29.1 Å². The van der Waals surface area contributed by atoms with Crippen LogP contribution in [0.5, 0.6) is 0 Å². The highest BCUT2D eigenvalue weighted by atomic mass is 19.1. The molecule has 226 valence electrons. The highest BCUT2D eigenvalue weighted by Crippen LogP contribution is 2.32. The molecule has 4 heterocycles. The molecule has 2 aliphatic rings. The summed E-state index contributed by atoms with van der Waals surface area (Å²) in [5, 5.41) is 6.76. The molecule has 42 heavy (non-hydrogen) atoms. The Balaban J connectivity index is 1.42. The number of amides is 1. The fourth-order valence-electron chi connectivity index (χ4n) is 5.56. The zero-order chi connectivity index (χ0) is 30.0. The number of likely N-dealkylation sites (tertiary alicyclic amines) is 1. The molecule has 2 aliphatic heterocycles. The van der Waals surface area contributed by atoms with Gasteiger partial charge in [-0.25, -0.2) is 23.9 Å². The number of aryl methyl sites for hydroxylation is 1. The van der Waals surface area contributed by atoms with Crippen molar-refractivity contribution in [3.8, 4) is 11.3 Å². The van der Waals surface area contributed by atoms with Crippen LogP contribution in [0.1, 0.15) is 39.4 Å². The van der Waals surface area contributed by atoms with E-state index in [9.17, 15) is 14.0 Å². The monoisotopic (exact) mass is 582 g/mol. The van der Waals surface area contributed by atoms with Gasteiger partial charge in [-0.3, -0.25) is 4.90 Å². The van der Waals surface area contributed by atoms with Crippen molar-refractivity contribution in [1.29, 1.82) is 0 Å². The molecule has 11 nitrogen and oxygen atoms in total. The van der Waals surface area contributed by atoms with E-state index in [1.165, 1.54) is 24.1 Å². The van der Waals surface area contributed by atoms with E-state index in [0.29, 0.717) is 42.2 Å². The van der Waals surface area contributed by atoms with Crippen molar-refractivity contribution in [2.75, 3.05) is 38.7 Å². The summed E-state index contributed by atoms with van der Waals surface area (Å²) in [5.74, 6) is 0.384. The molecular formula is C30H39FN6O5. The van der Waals surface area contributed by atoms with Crippen molar-refractivity contribution in [1.82, 2.24) is 24.8 Å². The molecule has 2 fully saturated rings. The van der Waals surface area contributed by atoms with Gasteiger partial charge in [0, 0.05) is 43.8 Å². The topological polar surface area (TPSA) is 120 Å². The van der Waals surface area contributed by atoms with E-state index in [2.05, 4.69) is 20.2 Å². The van der Waals surface area contributed by atoms with Gasteiger partial charge in [-0.05, 0) is 58.9 Å². The third-order valence-corrected chi connectivity index (χ3v) is 7.39. The second-order valence-electron chi connectivity index (χ2n) is 11.8. The number of hydrogen-bond acceptors (Lipinski definition) is 9. The van der Waals surface area contributed by atoms with Crippen molar-refractivity contribution < 1.29 is 28.2 Å². The molecule has 2 aromatic heterocycles. The van der Waals surface area contributed by atoms with Crippen LogP contribution >= 0.6 is 0 Å². The molecule has 0 aliphatic carbocycles. The Morgan fingerprint density at radius 1 is 1.24 bits per heavy atom. The second kappa shape index (κ2) is 12.2. The number of hydrogen-bond donors (Lipinski definition) is 2. The number of esters is 1. The number of nitrogens with zero attached hydrogens (tertiary/aromatic N) is 4. The van der Waals surface area contributed by atoms with Crippen LogP contribution in [-0.2, 0) is 25.5 Å². The molecular weight excluding hydrogens is 543 g/mol. The van der Waals surface area contributed by atoms with Crippen LogP contribution in [0.25, 0.3) is 22.3 Å². The Kier molecular flexibility index (Phi) is 8.65. The number of anilines is 1. The van der Waals surface area contributed by atoms with Crippen molar-refractivity contribution in [3.05, 3.63) is 42.0 Å². The summed E-state index contributed by atoms with van der Waals surface area (Å²) >= 11 is 0. The number of aromatic nitrogens is 3. The van der Waals surface area contributed by atoms with Crippen LogP contribution in [0.2, 0.25) is 0 Å². The molecule has 2 saturated heterocycles. The van der Waals surface area contributed by atoms with E-state index in [-0.39, 0.29) is 18.7 Å². The normalized spacial score (nSPS) is 21.3. The predicted molar refractivity (Wildman–Crippen MR) is 156 cm³/mol. The van der Waals surface area contributed by atoms with Crippen molar-refractivity contribution in [2.45, 2.75) is 70.9 Å². The third kappa shape index (κ3) is 6.65. The summed E-state index contributed by atoms with van der Waals surface area (Å²) in [4.78, 5) is 36.2. The summed E-state index contributed by atoms with van der Waals surface area (Å²) in [5.41, 5.74) is 1.81. The van der Waals surface area contributed by atoms with Crippen molar-refractivity contribution in [2.24, 2.45) is 0 Å². The SMILES string of the molecule is COC(=O)[C@@H]1C[C@H](Nc2cccc(-c3cc(F)cc4nc(C)n(CC5CNCCCO5)c34)n2)CN1C(=O)OC(C)(C)C. The summed E-state index contributed by atoms with van der Waals surface area (Å²) in [6, 6.07) is 7.31. The van der Waals surface area contributed by atoms with Gasteiger partial charge in [0.05, 0.1) is 36.5 Å². The number of rotatable bonds is 6. The van der Waals surface area contributed by atoms with Gasteiger partial charge in [0.25, 0.3) is 0 Å². The van der Waals surface area contributed by atoms with Crippen LogP contribution in [0.3, 0.4) is 0 Å². The first-order valence-corrected chi connectivity index (χ1v) is 14.3. The minimum atomic E-state index is -0.786. The Morgan fingerprint density at radius 3 is 2.81 bits per heavy atom. The third-order valence-electron chi connectivity index (χ3n) is 7.39. The lowest BCUT2D eigenvalue weighted by molar-refractivity contribution is -0.145. The average Bonchev–Trinajstić information content (AvgIpc) is 3.37. The highest BCUT2D eigenvalue weighted by molar-refractivity contribution is 5.92. The molecule has 1 aromatic carbocycles. The minimum absolute atomic E-state index is 0.0412. The Labute approximate surface area is 244 Å². The maximum Gasteiger partial charge on any atom is 0.411 e. The number of benzene rings is 1. The summed E-state index contributed by atoms with van der Waals surface area (Å²) in [7, 11) is 1.30. The summed E-state index contributed by atoms with van der Waals surface area (Å²) in [6.07, 6.45) is 0.656. The zero-order valence-corrected chi connectivity index (χ0v) is 24.8. The van der Waals surface area contributed by atoms with Crippen LogP contribution in [0.15, 0.2) is 30.3 Å². The number of fused-ring (bicyclic) bond motifs is 1. The first-order valence-electron chi connectivity index (χ1n) is 14.3. The van der Waals surface area contributed by atoms with Gasteiger partial charge < -0.3 is 29.4 Å². The molecule has 0 saturated carbocycles. The van der Waals surface area contributed by atoms with Gasteiger partial charge in [0.15, 0.2) is 0 Å². The fourth-order valence-corrected chi connectivity index (χ4v) is 5.56. The lowest BCUT2D eigenvalue weighted by Crippen LogP contribution is -2.44. The van der Waals surface area contributed by atoms with E-state index >= 15 is 0 Å². The van der Waals surface area contributed by atoms with E-state index in [1.54, 1.807) is 26.8 Å². The fraction of sp³-hybridized carbons (Fsp3) is 0.533. The zero-order valence-electron chi connectivity index (χ0n) is 24.8. The average molecular weight is 583 g/mol. The molecule has 0 radical (unpaired) electrons. The standard InChI is InChI=1S/C30H39FN6O5/c1-18-33-24-13-19(31)12-22(27(24)36(18)17-21-15-32-10-7-11-41-21)23-8-6-9-26(35-23)34-20-14-25(28(38)40-5)37(16-20)29(39)42-30(2,3)4/h6,8-9,12-13,20-21,25,32H,7,10-11,14-17H2,1-5H3,(H,34,35)/t20-,21?,25-/m0/s1. The molecule has 1 amide bonds. The maximum atomic E-state index is 14.8. The van der Waals surface area contributed by atoms with Gasteiger partial charge in [-0.1, -0.05) is 6.07 Å². The van der Waals surface area contributed by atoms with Gasteiger partial charge >= 0.3 is 12.1 Å². The van der Waals surface area contributed by atoms with Gasteiger partial charge in [-0.2, -0.15) is 0 Å². The summed E-state index contributed by atoms with van der Waals surface area (Å²) in [6.45, 7) is 10.4. The second-order valence-corrected chi connectivity index (χ2v) is 11.8. The first-order chi connectivity index (χ1) is 20.0. The van der Waals surface area contributed by atoms with Crippen molar-refractivity contribution >= 4 is 28.9 Å². The molecule has 0 bridgehead atoms. The number of carbonyl (C=O) groups excluding carboxylic acids is 2. The molecule has 12 heteroatoms. The number of pyridine rings is 1. The van der Waals surface area contributed by atoms with Gasteiger partial charge in [-0.15, -0.1) is 0 Å². The van der Waals surface area contributed by atoms with Crippen LogP contribution in [0, 0.1) is 12.7 Å².